The number of aromatic nitrogens is 1. The van der Waals surface area contributed by atoms with Gasteiger partial charge in [0.15, 0.2) is 5.78 Å². The number of anilines is 3. The molecule has 3 aromatic rings. The van der Waals surface area contributed by atoms with Crippen LogP contribution in [0.2, 0.25) is 0 Å². The molecule has 0 atom stereocenters. The van der Waals surface area contributed by atoms with Crippen molar-refractivity contribution >= 4 is 28.8 Å². The van der Waals surface area contributed by atoms with Gasteiger partial charge in [0.25, 0.3) is 5.91 Å². The van der Waals surface area contributed by atoms with E-state index < -0.39 is 0 Å². The van der Waals surface area contributed by atoms with Crippen molar-refractivity contribution in [2.75, 3.05) is 10.6 Å². The molecular formula is C24H25N3O2. The number of amides is 1. The van der Waals surface area contributed by atoms with Gasteiger partial charge in [-0.25, -0.2) is 0 Å². The average Bonchev–Trinajstić information content (AvgIpc) is 2.68. The van der Waals surface area contributed by atoms with Crippen LogP contribution in [0.5, 0.6) is 0 Å². The summed E-state index contributed by atoms with van der Waals surface area (Å²) in [6, 6.07) is 18.5. The Bertz CT molecular complexity index is 1020. The highest BCUT2D eigenvalue weighted by Gasteiger charge is 2.13. The van der Waals surface area contributed by atoms with Crippen LogP contribution in [-0.4, -0.2) is 16.7 Å². The van der Waals surface area contributed by atoms with Crippen molar-refractivity contribution in [2.45, 2.75) is 33.1 Å². The van der Waals surface area contributed by atoms with E-state index in [9.17, 15) is 9.59 Å². The summed E-state index contributed by atoms with van der Waals surface area (Å²) in [5.41, 5.74) is 4.59. The SMILES string of the molecule is CC(=O)c1ccc(NC(=O)c2cc(Nc3ccc(C(C)(C)C)cc3)ccn2)cc1. The Hall–Kier alpha value is -3.47. The first kappa shape index (κ1) is 20.3. The summed E-state index contributed by atoms with van der Waals surface area (Å²) in [5, 5.41) is 6.10. The van der Waals surface area contributed by atoms with Gasteiger partial charge in [-0.05, 0) is 66.4 Å². The highest BCUT2D eigenvalue weighted by molar-refractivity contribution is 6.03. The first-order valence-electron chi connectivity index (χ1n) is 9.48. The quantitative estimate of drug-likeness (QED) is 0.561. The standard InChI is InChI=1S/C24H25N3O2/c1-16(28)17-5-9-20(10-6-17)27-23(29)22-15-21(13-14-25-22)26-19-11-7-18(8-12-19)24(2,3)4/h5-15H,1-4H3,(H,25,26)(H,27,29). The molecule has 0 spiro atoms. The van der Waals surface area contributed by atoms with Gasteiger partial charge < -0.3 is 10.6 Å². The van der Waals surface area contributed by atoms with Crippen molar-refractivity contribution in [1.29, 1.82) is 0 Å². The molecule has 0 aliphatic rings. The van der Waals surface area contributed by atoms with E-state index in [0.717, 1.165) is 11.4 Å². The van der Waals surface area contributed by atoms with E-state index in [0.29, 0.717) is 16.9 Å². The zero-order valence-corrected chi connectivity index (χ0v) is 17.1. The maximum Gasteiger partial charge on any atom is 0.274 e. The molecule has 3 rings (SSSR count). The summed E-state index contributed by atoms with van der Waals surface area (Å²) in [6.07, 6.45) is 1.60. The number of hydrogen-bond acceptors (Lipinski definition) is 4. The summed E-state index contributed by atoms with van der Waals surface area (Å²) >= 11 is 0. The van der Waals surface area contributed by atoms with E-state index >= 15 is 0 Å². The van der Waals surface area contributed by atoms with Crippen molar-refractivity contribution in [3.05, 3.63) is 83.7 Å². The number of hydrogen-bond donors (Lipinski definition) is 2. The third kappa shape index (κ3) is 5.29. The van der Waals surface area contributed by atoms with E-state index in [4.69, 9.17) is 0 Å². The van der Waals surface area contributed by atoms with Crippen LogP contribution in [0.4, 0.5) is 17.1 Å². The van der Waals surface area contributed by atoms with Crippen LogP contribution in [0.1, 0.15) is 54.1 Å². The summed E-state index contributed by atoms with van der Waals surface area (Å²) in [6.45, 7) is 8.04. The van der Waals surface area contributed by atoms with Crippen molar-refractivity contribution in [1.82, 2.24) is 4.98 Å². The zero-order chi connectivity index (χ0) is 21.0. The van der Waals surface area contributed by atoms with Crippen LogP contribution in [-0.2, 0) is 5.41 Å². The van der Waals surface area contributed by atoms with Gasteiger partial charge in [0.05, 0.1) is 0 Å². The number of rotatable bonds is 5. The van der Waals surface area contributed by atoms with E-state index in [1.54, 1.807) is 36.5 Å². The van der Waals surface area contributed by atoms with Crippen LogP contribution in [0.3, 0.4) is 0 Å². The number of carbonyl (C=O) groups is 2. The lowest BCUT2D eigenvalue weighted by atomic mass is 9.87. The second kappa shape index (κ2) is 8.27. The molecule has 5 nitrogen and oxygen atoms in total. The monoisotopic (exact) mass is 387 g/mol. The van der Waals surface area contributed by atoms with Gasteiger partial charge >= 0.3 is 0 Å². The minimum Gasteiger partial charge on any atom is -0.355 e. The van der Waals surface area contributed by atoms with E-state index in [2.05, 4.69) is 48.5 Å². The first-order valence-corrected chi connectivity index (χ1v) is 9.48. The molecule has 5 heteroatoms. The average molecular weight is 387 g/mol. The molecule has 148 valence electrons. The fourth-order valence-electron chi connectivity index (χ4n) is 2.84. The maximum absolute atomic E-state index is 12.5. The number of nitrogens with zero attached hydrogens (tertiary/aromatic N) is 1. The highest BCUT2D eigenvalue weighted by Crippen LogP contribution is 2.25. The molecule has 0 radical (unpaired) electrons. The second-order valence-corrected chi connectivity index (χ2v) is 7.97. The largest absolute Gasteiger partial charge is 0.355 e. The Labute approximate surface area is 171 Å². The van der Waals surface area contributed by atoms with Gasteiger partial charge in [-0.2, -0.15) is 0 Å². The van der Waals surface area contributed by atoms with Crippen molar-refractivity contribution < 1.29 is 9.59 Å². The summed E-state index contributed by atoms with van der Waals surface area (Å²) < 4.78 is 0. The number of benzene rings is 2. The molecule has 0 aliphatic carbocycles. The summed E-state index contributed by atoms with van der Waals surface area (Å²) in [5.74, 6) is -0.328. The number of ketones is 1. The molecule has 0 unspecified atom stereocenters. The summed E-state index contributed by atoms with van der Waals surface area (Å²) in [4.78, 5) is 28.0. The van der Waals surface area contributed by atoms with Crippen LogP contribution < -0.4 is 10.6 Å². The van der Waals surface area contributed by atoms with Gasteiger partial charge in [-0.3, -0.25) is 14.6 Å². The smallest absolute Gasteiger partial charge is 0.274 e. The lowest BCUT2D eigenvalue weighted by molar-refractivity contribution is 0.101. The molecule has 1 heterocycles. The van der Waals surface area contributed by atoms with Crippen molar-refractivity contribution in [3.8, 4) is 0 Å². The number of carbonyl (C=O) groups excluding carboxylic acids is 2. The maximum atomic E-state index is 12.5. The van der Waals surface area contributed by atoms with Gasteiger partial charge in [0, 0.05) is 28.8 Å². The molecule has 1 amide bonds. The van der Waals surface area contributed by atoms with Gasteiger partial charge in [0.1, 0.15) is 5.69 Å². The minimum absolute atomic E-state index is 0.0150. The molecule has 0 bridgehead atoms. The second-order valence-electron chi connectivity index (χ2n) is 7.97. The zero-order valence-electron chi connectivity index (χ0n) is 17.1. The Kier molecular flexibility index (Phi) is 5.78. The van der Waals surface area contributed by atoms with E-state index in [-0.39, 0.29) is 17.1 Å². The van der Waals surface area contributed by atoms with E-state index in [1.807, 2.05) is 18.2 Å². The fourth-order valence-corrected chi connectivity index (χ4v) is 2.84. The van der Waals surface area contributed by atoms with Crippen LogP contribution in [0.15, 0.2) is 66.9 Å². The molecule has 0 saturated heterocycles. The van der Waals surface area contributed by atoms with Gasteiger partial charge in [-0.1, -0.05) is 32.9 Å². The molecule has 0 saturated carbocycles. The predicted molar refractivity (Wildman–Crippen MR) is 117 cm³/mol. The molecule has 1 aromatic heterocycles. The topological polar surface area (TPSA) is 71.1 Å². The molecule has 0 fully saturated rings. The predicted octanol–water partition coefficient (Wildman–Crippen LogP) is 5.58. The Morgan fingerprint density at radius 3 is 2.03 bits per heavy atom. The lowest BCUT2D eigenvalue weighted by Crippen LogP contribution is -2.14. The van der Waals surface area contributed by atoms with Gasteiger partial charge in [-0.15, -0.1) is 0 Å². The number of nitrogens with one attached hydrogen (secondary N) is 2. The molecular weight excluding hydrogens is 362 g/mol. The van der Waals surface area contributed by atoms with Crippen LogP contribution >= 0.6 is 0 Å². The van der Waals surface area contributed by atoms with Crippen molar-refractivity contribution in [3.63, 3.8) is 0 Å². The first-order chi connectivity index (χ1) is 13.7. The Morgan fingerprint density at radius 2 is 1.45 bits per heavy atom. The number of pyridine rings is 1. The van der Waals surface area contributed by atoms with Gasteiger partial charge in [0.2, 0.25) is 0 Å². The lowest BCUT2D eigenvalue weighted by Gasteiger charge is -2.19. The third-order valence-electron chi connectivity index (χ3n) is 4.58. The normalized spacial score (nSPS) is 11.0. The summed E-state index contributed by atoms with van der Waals surface area (Å²) in [7, 11) is 0. The Morgan fingerprint density at radius 1 is 0.828 bits per heavy atom. The van der Waals surface area contributed by atoms with Crippen LogP contribution in [0, 0.1) is 0 Å². The fraction of sp³-hybridized carbons (Fsp3) is 0.208. The van der Waals surface area contributed by atoms with Crippen LogP contribution in [0.25, 0.3) is 0 Å². The molecule has 2 aromatic carbocycles. The van der Waals surface area contributed by atoms with Crippen molar-refractivity contribution in [2.24, 2.45) is 0 Å². The minimum atomic E-state index is -0.313. The molecule has 2 N–H and O–H groups in total. The Balaban J connectivity index is 1.70. The highest BCUT2D eigenvalue weighted by atomic mass is 16.2. The third-order valence-corrected chi connectivity index (χ3v) is 4.58. The molecule has 0 aliphatic heterocycles. The number of Topliss-reactive ketones (excluding diaryl/α,β-unsaturated/α-hetero) is 1. The van der Waals surface area contributed by atoms with E-state index in [1.165, 1.54) is 12.5 Å². The molecule has 29 heavy (non-hydrogen) atoms.